The Labute approximate surface area is 167 Å². The van der Waals surface area contributed by atoms with Crippen LogP contribution in [0.2, 0.25) is 0 Å². The molecule has 0 saturated carbocycles. The first-order chi connectivity index (χ1) is 13.5. The van der Waals surface area contributed by atoms with E-state index in [-0.39, 0.29) is 11.4 Å². The van der Waals surface area contributed by atoms with E-state index in [0.717, 1.165) is 12.0 Å². The normalized spacial score (nSPS) is 12.2. The molecule has 0 amide bonds. The number of nitrogens with zero attached hydrogens (tertiary/aromatic N) is 1. The highest BCUT2D eigenvalue weighted by molar-refractivity contribution is 7.89. The molecule has 0 heterocycles. The Balaban J connectivity index is 2.44. The van der Waals surface area contributed by atoms with Crippen LogP contribution in [0.25, 0.3) is 0 Å². The van der Waals surface area contributed by atoms with Gasteiger partial charge in [0, 0.05) is 47.5 Å². The average Bonchev–Trinajstić information content (AvgIpc) is 2.70. The van der Waals surface area contributed by atoms with Crippen molar-refractivity contribution in [3.05, 3.63) is 29.8 Å². The van der Waals surface area contributed by atoms with Crippen molar-refractivity contribution in [1.82, 2.24) is 15.4 Å². The number of sulfonamides is 1. The van der Waals surface area contributed by atoms with Gasteiger partial charge in [-0.25, -0.2) is 13.1 Å². The van der Waals surface area contributed by atoms with E-state index >= 15 is 0 Å². The Hall–Kier alpha value is -1.72. The minimum Gasteiger partial charge on any atom is -0.383 e. The molecule has 0 aromatic heterocycles. The Kier molecular flexibility index (Phi) is 12.4. The summed E-state index contributed by atoms with van der Waals surface area (Å²) in [7, 11) is 1.30. The van der Waals surface area contributed by atoms with Crippen LogP contribution in [0.3, 0.4) is 0 Å². The summed E-state index contributed by atoms with van der Waals surface area (Å²) in [6.07, 6.45) is 0.839. The number of nitrogens with one attached hydrogen (secondary N) is 3. The molecule has 10 heteroatoms. The van der Waals surface area contributed by atoms with Gasteiger partial charge in [0.05, 0.1) is 24.7 Å². The molecule has 1 rings (SSSR count). The Morgan fingerprint density at radius 1 is 1.04 bits per heavy atom. The third kappa shape index (κ3) is 10.00. The van der Waals surface area contributed by atoms with E-state index < -0.39 is 10.0 Å². The van der Waals surface area contributed by atoms with Gasteiger partial charge in [-0.2, -0.15) is 0 Å². The summed E-state index contributed by atoms with van der Waals surface area (Å²) in [5, 5.41) is 6.36. The van der Waals surface area contributed by atoms with E-state index in [4.69, 9.17) is 14.2 Å². The Bertz CT molecular complexity index is 682. The zero-order valence-electron chi connectivity index (χ0n) is 16.9. The molecule has 0 unspecified atom stereocenters. The largest absolute Gasteiger partial charge is 0.383 e. The maximum absolute atomic E-state index is 12.3. The van der Waals surface area contributed by atoms with Gasteiger partial charge in [-0.1, -0.05) is 12.1 Å². The van der Waals surface area contributed by atoms with Crippen LogP contribution in [0, 0.1) is 0 Å². The second-order valence-corrected chi connectivity index (χ2v) is 7.62. The number of methoxy groups -OCH3 is 2. The van der Waals surface area contributed by atoms with Gasteiger partial charge in [-0.15, -0.1) is 0 Å². The molecule has 0 aliphatic carbocycles. The van der Waals surface area contributed by atoms with Crippen molar-refractivity contribution in [1.29, 1.82) is 0 Å². The van der Waals surface area contributed by atoms with Crippen LogP contribution >= 0.6 is 0 Å². The van der Waals surface area contributed by atoms with E-state index in [0.29, 0.717) is 45.5 Å². The summed E-state index contributed by atoms with van der Waals surface area (Å²) in [4.78, 5) is 4.38. The van der Waals surface area contributed by atoms with E-state index in [1.54, 1.807) is 32.4 Å². The molecule has 0 fully saturated rings. The molecule has 0 aliphatic heterocycles. The highest BCUT2D eigenvalue weighted by atomic mass is 32.2. The number of benzene rings is 1. The SMILES string of the molecule is CN=C(NCCCOCCOC)NCc1cccc(S(=O)(=O)NCCOC)c1. The van der Waals surface area contributed by atoms with Crippen LogP contribution in [0.4, 0.5) is 0 Å². The van der Waals surface area contributed by atoms with Gasteiger partial charge in [0.2, 0.25) is 10.0 Å². The zero-order valence-corrected chi connectivity index (χ0v) is 17.7. The lowest BCUT2D eigenvalue weighted by Gasteiger charge is -2.13. The summed E-state index contributed by atoms with van der Waals surface area (Å²) in [6, 6.07) is 6.78. The topological polar surface area (TPSA) is 110 Å². The van der Waals surface area contributed by atoms with Crippen LogP contribution in [-0.2, 0) is 30.8 Å². The first-order valence-corrected chi connectivity index (χ1v) is 10.6. The minimum atomic E-state index is -3.55. The molecule has 9 nitrogen and oxygen atoms in total. The maximum Gasteiger partial charge on any atom is 0.240 e. The number of rotatable bonds is 14. The van der Waals surface area contributed by atoms with Crippen LogP contribution in [0.1, 0.15) is 12.0 Å². The number of guanidine groups is 1. The summed E-state index contributed by atoms with van der Waals surface area (Å²) in [6.45, 7) is 3.53. The molecule has 0 saturated heterocycles. The van der Waals surface area contributed by atoms with E-state index in [1.807, 2.05) is 6.07 Å². The van der Waals surface area contributed by atoms with Crippen molar-refractivity contribution in [3.63, 3.8) is 0 Å². The highest BCUT2D eigenvalue weighted by Gasteiger charge is 2.13. The molecule has 0 radical (unpaired) electrons. The minimum absolute atomic E-state index is 0.221. The third-order valence-electron chi connectivity index (χ3n) is 3.68. The van der Waals surface area contributed by atoms with E-state index in [9.17, 15) is 8.42 Å². The van der Waals surface area contributed by atoms with Gasteiger partial charge >= 0.3 is 0 Å². The summed E-state index contributed by atoms with van der Waals surface area (Å²) >= 11 is 0. The molecule has 1 aromatic carbocycles. The van der Waals surface area contributed by atoms with Gasteiger partial charge in [-0.3, -0.25) is 4.99 Å². The summed E-state index contributed by atoms with van der Waals surface area (Å²) in [5.41, 5.74) is 0.834. The van der Waals surface area contributed by atoms with Crippen LogP contribution < -0.4 is 15.4 Å². The zero-order chi connectivity index (χ0) is 20.7. The number of ether oxygens (including phenoxy) is 3. The van der Waals surface area contributed by atoms with E-state index in [1.165, 1.54) is 7.11 Å². The fourth-order valence-corrected chi connectivity index (χ4v) is 3.30. The Morgan fingerprint density at radius 2 is 1.82 bits per heavy atom. The molecule has 28 heavy (non-hydrogen) atoms. The van der Waals surface area contributed by atoms with Gasteiger partial charge in [-0.05, 0) is 24.1 Å². The second kappa shape index (κ2) is 14.3. The standard InChI is InChI=1S/C18H32N4O5S/c1-19-18(20-8-5-10-27-13-12-26-3)21-15-16-6-4-7-17(14-16)28(23,24)22-9-11-25-2/h4,6-7,14,22H,5,8-13,15H2,1-3H3,(H2,19,20,21). The first-order valence-electron chi connectivity index (χ1n) is 9.12. The smallest absolute Gasteiger partial charge is 0.240 e. The average molecular weight is 417 g/mol. The lowest BCUT2D eigenvalue weighted by atomic mass is 10.2. The van der Waals surface area contributed by atoms with Crippen molar-refractivity contribution in [3.8, 4) is 0 Å². The number of hydrogen-bond donors (Lipinski definition) is 3. The molecule has 160 valence electrons. The molecule has 0 atom stereocenters. The van der Waals surface area contributed by atoms with Gasteiger partial charge in [0.15, 0.2) is 5.96 Å². The van der Waals surface area contributed by atoms with Gasteiger partial charge in [0.1, 0.15) is 0 Å². The molecule has 3 N–H and O–H groups in total. The van der Waals surface area contributed by atoms with Crippen molar-refractivity contribution in [2.24, 2.45) is 4.99 Å². The van der Waals surface area contributed by atoms with Crippen LogP contribution in [-0.4, -0.2) is 75.2 Å². The number of hydrogen-bond acceptors (Lipinski definition) is 6. The van der Waals surface area contributed by atoms with E-state index in [2.05, 4.69) is 20.3 Å². The summed E-state index contributed by atoms with van der Waals surface area (Å²) in [5.74, 6) is 0.642. The van der Waals surface area contributed by atoms with Crippen LogP contribution in [0.15, 0.2) is 34.2 Å². The third-order valence-corrected chi connectivity index (χ3v) is 5.14. The predicted molar refractivity (Wildman–Crippen MR) is 109 cm³/mol. The van der Waals surface area contributed by atoms with Crippen LogP contribution in [0.5, 0.6) is 0 Å². The Morgan fingerprint density at radius 3 is 2.54 bits per heavy atom. The second-order valence-electron chi connectivity index (χ2n) is 5.85. The predicted octanol–water partition coefficient (Wildman–Crippen LogP) is 0.329. The van der Waals surface area contributed by atoms with Crippen molar-refractivity contribution in [2.45, 2.75) is 17.9 Å². The fourth-order valence-electron chi connectivity index (χ4n) is 2.22. The lowest BCUT2D eigenvalue weighted by Crippen LogP contribution is -2.37. The van der Waals surface area contributed by atoms with Crippen molar-refractivity contribution in [2.75, 3.05) is 60.8 Å². The summed E-state index contributed by atoms with van der Waals surface area (Å²) < 4.78 is 42.2. The molecule has 1 aromatic rings. The lowest BCUT2D eigenvalue weighted by molar-refractivity contribution is 0.0698. The van der Waals surface area contributed by atoms with Crippen molar-refractivity contribution >= 4 is 16.0 Å². The van der Waals surface area contributed by atoms with Gasteiger partial charge in [0.25, 0.3) is 0 Å². The van der Waals surface area contributed by atoms with Crippen molar-refractivity contribution < 1.29 is 22.6 Å². The monoisotopic (exact) mass is 416 g/mol. The molecular weight excluding hydrogens is 384 g/mol. The maximum atomic E-state index is 12.3. The molecule has 0 bridgehead atoms. The molecular formula is C18H32N4O5S. The number of aliphatic imine (C=N–C) groups is 1. The molecule has 0 spiro atoms. The van der Waals surface area contributed by atoms with Gasteiger partial charge < -0.3 is 24.8 Å². The first kappa shape index (κ1) is 24.3. The fraction of sp³-hybridized carbons (Fsp3) is 0.611. The highest BCUT2D eigenvalue weighted by Crippen LogP contribution is 2.11. The molecule has 0 aliphatic rings. The quantitative estimate of drug-likeness (QED) is 0.228.